The molecule has 2 aromatic rings. The summed E-state index contributed by atoms with van der Waals surface area (Å²) in [7, 11) is 0. The summed E-state index contributed by atoms with van der Waals surface area (Å²) >= 11 is 0. The number of alkyl carbamates (subject to hydrolysis) is 1. The Bertz CT molecular complexity index is 730. The smallest absolute Gasteiger partial charge is 0.407 e. The monoisotopic (exact) mass is 374 g/mol. The Balaban J connectivity index is 1.75. The second kappa shape index (κ2) is 9.80. The van der Waals surface area contributed by atoms with Crippen LogP contribution in [0.1, 0.15) is 33.4 Å². The molecule has 148 valence electrons. The number of imidazole rings is 1. The number of guanidine groups is 1. The summed E-state index contributed by atoms with van der Waals surface area (Å²) in [6.45, 7) is 9.92. The summed E-state index contributed by atoms with van der Waals surface area (Å²) in [4.78, 5) is 20.7. The molecule has 27 heavy (non-hydrogen) atoms. The molecule has 8 nitrogen and oxygen atoms in total. The molecule has 1 amide bonds. The molecule has 2 heterocycles. The predicted octanol–water partition coefficient (Wildman–Crippen LogP) is 1.96. The molecular weight excluding hydrogens is 344 g/mol. The molecule has 0 aliphatic carbocycles. The van der Waals surface area contributed by atoms with E-state index in [0.717, 1.165) is 24.3 Å². The lowest BCUT2D eigenvalue weighted by atomic mass is 10.2. The number of carbonyl (C=O) groups excluding carboxylic acids is 1. The number of amides is 1. The van der Waals surface area contributed by atoms with Crippen molar-refractivity contribution in [1.82, 2.24) is 25.3 Å². The van der Waals surface area contributed by atoms with Gasteiger partial charge in [-0.3, -0.25) is 4.99 Å². The van der Waals surface area contributed by atoms with Gasteiger partial charge in [-0.15, -0.1) is 0 Å². The first-order chi connectivity index (χ1) is 12.9. The standard InChI is InChI=1S/C19H30N6O2/c1-5-20-17(22-11-12-23-18(26)27-19(2,3)4)21-10-9-15-14-25-13-7-6-8-16(25)24-15/h6-8,13-14H,5,9-12H2,1-4H3,(H,23,26)(H2,20,21,22). The van der Waals surface area contributed by atoms with Crippen LogP contribution in [-0.2, 0) is 11.2 Å². The van der Waals surface area contributed by atoms with E-state index in [1.807, 2.05) is 62.7 Å². The minimum absolute atomic E-state index is 0.418. The Morgan fingerprint density at radius 2 is 2.00 bits per heavy atom. The van der Waals surface area contributed by atoms with Gasteiger partial charge in [0, 0.05) is 45.0 Å². The molecule has 2 aromatic heterocycles. The molecule has 8 heteroatoms. The fourth-order valence-electron chi connectivity index (χ4n) is 2.39. The van der Waals surface area contributed by atoms with Gasteiger partial charge in [-0.1, -0.05) is 6.07 Å². The van der Waals surface area contributed by atoms with E-state index in [1.54, 1.807) is 0 Å². The van der Waals surface area contributed by atoms with Gasteiger partial charge >= 0.3 is 6.09 Å². The van der Waals surface area contributed by atoms with E-state index in [2.05, 4.69) is 25.9 Å². The zero-order valence-corrected chi connectivity index (χ0v) is 16.6. The van der Waals surface area contributed by atoms with Crippen LogP contribution in [0.3, 0.4) is 0 Å². The number of nitrogens with one attached hydrogen (secondary N) is 3. The molecule has 0 spiro atoms. The molecule has 0 saturated carbocycles. The van der Waals surface area contributed by atoms with E-state index >= 15 is 0 Å². The topological polar surface area (TPSA) is 92.0 Å². The lowest BCUT2D eigenvalue weighted by molar-refractivity contribution is 0.0529. The van der Waals surface area contributed by atoms with E-state index < -0.39 is 11.7 Å². The second-order valence-electron chi connectivity index (χ2n) is 7.06. The number of pyridine rings is 1. The summed E-state index contributed by atoms with van der Waals surface area (Å²) in [5.74, 6) is 0.715. The summed E-state index contributed by atoms with van der Waals surface area (Å²) in [6.07, 6.45) is 4.35. The minimum Gasteiger partial charge on any atom is -0.444 e. The van der Waals surface area contributed by atoms with Crippen molar-refractivity contribution in [3.05, 3.63) is 36.3 Å². The van der Waals surface area contributed by atoms with Gasteiger partial charge in [0.25, 0.3) is 0 Å². The van der Waals surface area contributed by atoms with Crippen molar-refractivity contribution in [2.45, 2.75) is 39.7 Å². The fraction of sp³-hybridized carbons (Fsp3) is 0.526. The van der Waals surface area contributed by atoms with Gasteiger partial charge in [0.05, 0.1) is 5.69 Å². The third-order valence-electron chi connectivity index (χ3n) is 3.48. The molecule has 0 aromatic carbocycles. The van der Waals surface area contributed by atoms with Crippen molar-refractivity contribution < 1.29 is 9.53 Å². The molecule has 0 aliphatic rings. The van der Waals surface area contributed by atoms with Gasteiger partial charge in [-0.25, -0.2) is 9.78 Å². The molecule has 0 radical (unpaired) electrons. The molecule has 0 fully saturated rings. The first-order valence-electron chi connectivity index (χ1n) is 9.29. The molecule has 0 saturated heterocycles. The average Bonchev–Trinajstić information content (AvgIpc) is 2.99. The van der Waals surface area contributed by atoms with E-state index in [0.29, 0.717) is 25.6 Å². The summed E-state index contributed by atoms with van der Waals surface area (Å²) in [5.41, 5.74) is 1.45. The van der Waals surface area contributed by atoms with Crippen LogP contribution in [0.5, 0.6) is 0 Å². The van der Waals surface area contributed by atoms with Crippen molar-refractivity contribution in [1.29, 1.82) is 0 Å². The minimum atomic E-state index is -0.494. The zero-order valence-electron chi connectivity index (χ0n) is 16.6. The van der Waals surface area contributed by atoms with Crippen LogP contribution in [-0.4, -0.2) is 53.2 Å². The van der Waals surface area contributed by atoms with Crippen LogP contribution < -0.4 is 16.0 Å². The van der Waals surface area contributed by atoms with E-state index in [1.165, 1.54) is 0 Å². The number of hydrogen-bond acceptors (Lipinski definition) is 4. The first-order valence-corrected chi connectivity index (χ1v) is 9.29. The molecule has 0 atom stereocenters. The van der Waals surface area contributed by atoms with E-state index in [9.17, 15) is 4.79 Å². The lowest BCUT2D eigenvalue weighted by Crippen LogP contribution is -2.42. The highest BCUT2D eigenvalue weighted by molar-refractivity contribution is 5.79. The van der Waals surface area contributed by atoms with Crippen molar-refractivity contribution in [2.24, 2.45) is 4.99 Å². The van der Waals surface area contributed by atoms with E-state index in [-0.39, 0.29) is 0 Å². The summed E-state index contributed by atoms with van der Waals surface area (Å²) in [6, 6.07) is 5.94. The number of carbonyl (C=O) groups is 1. The largest absolute Gasteiger partial charge is 0.444 e. The van der Waals surface area contributed by atoms with Crippen LogP contribution in [0.2, 0.25) is 0 Å². The Hall–Kier alpha value is -2.77. The fourth-order valence-corrected chi connectivity index (χ4v) is 2.39. The zero-order chi connectivity index (χ0) is 19.7. The quantitative estimate of drug-likeness (QED) is 0.391. The van der Waals surface area contributed by atoms with Crippen molar-refractivity contribution in [3.8, 4) is 0 Å². The Labute approximate surface area is 160 Å². The van der Waals surface area contributed by atoms with Gasteiger partial charge in [0.15, 0.2) is 5.96 Å². The number of rotatable bonds is 7. The number of aromatic nitrogens is 2. The third kappa shape index (κ3) is 7.55. The average molecular weight is 374 g/mol. The van der Waals surface area contributed by atoms with Crippen molar-refractivity contribution >= 4 is 17.7 Å². The number of nitrogens with zero attached hydrogens (tertiary/aromatic N) is 3. The highest BCUT2D eigenvalue weighted by atomic mass is 16.6. The van der Waals surface area contributed by atoms with Gasteiger partial charge in [-0.05, 0) is 39.8 Å². The molecule has 3 N–H and O–H groups in total. The van der Waals surface area contributed by atoms with Crippen molar-refractivity contribution in [2.75, 3.05) is 26.2 Å². The van der Waals surface area contributed by atoms with Crippen LogP contribution >= 0.6 is 0 Å². The molecule has 0 aliphatic heterocycles. The van der Waals surface area contributed by atoms with Gasteiger partial charge < -0.3 is 25.1 Å². The number of aliphatic imine (C=N–C) groups is 1. The van der Waals surface area contributed by atoms with Gasteiger partial charge in [-0.2, -0.15) is 0 Å². The molecular formula is C19H30N6O2. The predicted molar refractivity (Wildman–Crippen MR) is 107 cm³/mol. The SMILES string of the molecule is CCNC(=NCCc1cn2ccccc2n1)NCCNC(=O)OC(C)(C)C. The highest BCUT2D eigenvalue weighted by Crippen LogP contribution is 2.06. The maximum absolute atomic E-state index is 11.6. The van der Waals surface area contributed by atoms with Crippen LogP contribution in [0.4, 0.5) is 4.79 Å². The molecule has 0 bridgehead atoms. The Kier molecular flexibility index (Phi) is 7.45. The third-order valence-corrected chi connectivity index (χ3v) is 3.48. The number of fused-ring (bicyclic) bond motifs is 1. The first kappa shape index (κ1) is 20.5. The lowest BCUT2D eigenvalue weighted by Gasteiger charge is -2.19. The summed E-state index contributed by atoms with van der Waals surface area (Å²) < 4.78 is 7.20. The van der Waals surface area contributed by atoms with Crippen molar-refractivity contribution in [3.63, 3.8) is 0 Å². The Morgan fingerprint density at radius 3 is 2.70 bits per heavy atom. The number of hydrogen-bond donors (Lipinski definition) is 3. The second-order valence-corrected chi connectivity index (χ2v) is 7.06. The molecule has 2 rings (SSSR count). The van der Waals surface area contributed by atoms with Crippen LogP contribution in [0.15, 0.2) is 35.6 Å². The number of ether oxygens (including phenoxy) is 1. The highest BCUT2D eigenvalue weighted by Gasteiger charge is 2.15. The maximum atomic E-state index is 11.6. The van der Waals surface area contributed by atoms with Gasteiger partial charge in [0.1, 0.15) is 11.2 Å². The van der Waals surface area contributed by atoms with Crippen LogP contribution in [0.25, 0.3) is 5.65 Å². The van der Waals surface area contributed by atoms with Gasteiger partial charge in [0.2, 0.25) is 0 Å². The normalized spacial score (nSPS) is 12.1. The summed E-state index contributed by atoms with van der Waals surface area (Å²) in [5, 5.41) is 9.10. The van der Waals surface area contributed by atoms with E-state index in [4.69, 9.17) is 4.74 Å². The molecule has 0 unspecified atom stereocenters. The van der Waals surface area contributed by atoms with Crippen LogP contribution in [0, 0.1) is 0 Å². The Morgan fingerprint density at radius 1 is 1.22 bits per heavy atom. The maximum Gasteiger partial charge on any atom is 0.407 e.